The van der Waals surface area contributed by atoms with E-state index >= 15 is 0 Å². The van der Waals surface area contributed by atoms with Crippen molar-refractivity contribution in [1.29, 1.82) is 0 Å². The largest absolute Gasteiger partial charge is 0.337 e. The van der Waals surface area contributed by atoms with Crippen molar-refractivity contribution >= 4 is 26.8 Å². The van der Waals surface area contributed by atoms with E-state index in [-0.39, 0.29) is 10.8 Å². The lowest BCUT2D eigenvalue weighted by Gasteiger charge is -2.31. The number of nitrogens with zero attached hydrogens (tertiary/aromatic N) is 3. The summed E-state index contributed by atoms with van der Waals surface area (Å²) in [5.41, 5.74) is 3.85. The first-order valence-corrected chi connectivity index (χ1v) is 12.8. The number of amides is 1. The van der Waals surface area contributed by atoms with Crippen LogP contribution in [0.2, 0.25) is 0 Å². The molecule has 5 rings (SSSR count). The van der Waals surface area contributed by atoms with Crippen molar-refractivity contribution in [2.75, 3.05) is 19.3 Å². The lowest BCUT2D eigenvalue weighted by Crippen LogP contribution is -2.38. The first-order valence-electron chi connectivity index (χ1n) is 10.9. The van der Waals surface area contributed by atoms with E-state index in [0.29, 0.717) is 35.7 Å². The molecular weight excluding hydrogens is 436 g/mol. The molecule has 0 spiro atoms. The number of carbonyl (C=O) groups is 1. The van der Waals surface area contributed by atoms with Gasteiger partial charge >= 0.3 is 0 Å². The van der Waals surface area contributed by atoms with Crippen molar-refractivity contribution in [3.8, 4) is 11.1 Å². The standard InChI is InChI=1S/C25H24N4O3S/c1-33(31,32)21-9-7-18(8-10-21)20-15-22-23(27-28-24(22)26-16-20)25(30)29-13-11-19(12-14-29)17-5-3-2-4-6-17/h2-10,15-16,19H,11-14H2,1H3,(H,26,27,28). The minimum Gasteiger partial charge on any atom is -0.337 e. The number of hydrogen-bond acceptors (Lipinski definition) is 5. The maximum atomic E-state index is 13.3. The van der Waals surface area contributed by atoms with Crippen molar-refractivity contribution < 1.29 is 13.2 Å². The zero-order valence-corrected chi connectivity index (χ0v) is 19.0. The molecule has 0 saturated carbocycles. The summed E-state index contributed by atoms with van der Waals surface area (Å²) in [6.07, 6.45) is 4.72. The van der Waals surface area contributed by atoms with E-state index in [1.54, 1.807) is 30.5 Å². The van der Waals surface area contributed by atoms with Crippen LogP contribution in [0.1, 0.15) is 34.8 Å². The number of rotatable bonds is 4. The Kier molecular flexibility index (Phi) is 5.46. The molecule has 8 heteroatoms. The van der Waals surface area contributed by atoms with E-state index in [1.807, 2.05) is 17.0 Å². The number of benzene rings is 2. The van der Waals surface area contributed by atoms with Crippen LogP contribution in [0.25, 0.3) is 22.2 Å². The van der Waals surface area contributed by atoms with Gasteiger partial charge in [0.15, 0.2) is 21.2 Å². The Bertz CT molecular complexity index is 1410. The second kappa shape index (κ2) is 8.44. The summed E-state index contributed by atoms with van der Waals surface area (Å²) in [7, 11) is -3.26. The fourth-order valence-corrected chi connectivity index (χ4v) is 5.04. The van der Waals surface area contributed by atoms with Crippen LogP contribution in [0.4, 0.5) is 0 Å². The predicted octanol–water partition coefficient (Wildman–Crippen LogP) is 4.05. The number of carbonyl (C=O) groups excluding carboxylic acids is 1. The number of sulfone groups is 1. The zero-order chi connectivity index (χ0) is 23.0. The van der Waals surface area contributed by atoms with Gasteiger partial charge in [-0.25, -0.2) is 13.4 Å². The molecule has 1 aliphatic rings. The topological polar surface area (TPSA) is 96.0 Å². The second-order valence-electron chi connectivity index (χ2n) is 8.47. The van der Waals surface area contributed by atoms with Crippen LogP contribution in [0.3, 0.4) is 0 Å². The Morgan fingerprint density at radius 1 is 1.00 bits per heavy atom. The Balaban J connectivity index is 1.37. The minimum atomic E-state index is -3.26. The second-order valence-corrected chi connectivity index (χ2v) is 10.5. The fourth-order valence-electron chi connectivity index (χ4n) is 4.41. The van der Waals surface area contributed by atoms with Gasteiger partial charge in [0.1, 0.15) is 0 Å². The monoisotopic (exact) mass is 460 g/mol. The number of aromatic nitrogens is 3. The van der Waals surface area contributed by atoms with E-state index in [2.05, 4.69) is 39.4 Å². The van der Waals surface area contributed by atoms with Gasteiger partial charge in [0.25, 0.3) is 5.91 Å². The summed E-state index contributed by atoms with van der Waals surface area (Å²) in [4.78, 5) is 19.8. The molecule has 0 atom stereocenters. The van der Waals surface area contributed by atoms with Crippen molar-refractivity contribution in [3.05, 3.63) is 78.1 Å². The molecular formula is C25H24N4O3S. The summed E-state index contributed by atoms with van der Waals surface area (Å²) in [6.45, 7) is 1.37. The van der Waals surface area contributed by atoms with Crippen molar-refractivity contribution in [2.45, 2.75) is 23.7 Å². The van der Waals surface area contributed by atoms with E-state index in [1.165, 1.54) is 11.8 Å². The summed E-state index contributed by atoms with van der Waals surface area (Å²) in [5, 5.41) is 7.80. The summed E-state index contributed by atoms with van der Waals surface area (Å²) >= 11 is 0. The molecule has 0 aliphatic carbocycles. The Hall–Kier alpha value is -3.52. The average Bonchev–Trinajstić information content (AvgIpc) is 3.27. The Labute approximate surface area is 192 Å². The van der Waals surface area contributed by atoms with Crippen molar-refractivity contribution in [2.24, 2.45) is 0 Å². The van der Waals surface area contributed by atoms with Gasteiger partial charge in [-0.15, -0.1) is 0 Å². The minimum absolute atomic E-state index is 0.0980. The molecule has 1 amide bonds. The van der Waals surface area contributed by atoms with Gasteiger partial charge in [-0.3, -0.25) is 9.89 Å². The molecule has 1 N–H and O–H groups in total. The Morgan fingerprint density at radius 2 is 1.70 bits per heavy atom. The van der Waals surface area contributed by atoms with Crippen LogP contribution in [0.15, 0.2) is 71.8 Å². The SMILES string of the molecule is CS(=O)(=O)c1ccc(-c2cnc3[nH]nc(C(=O)N4CCC(c5ccccc5)CC4)c3c2)cc1. The average molecular weight is 461 g/mol. The number of nitrogens with one attached hydrogen (secondary N) is 1. The normalized spacial score (nSPS) is 15.1. The molecule has 1 aliphatic heterocycles. The van der Waals surface area contributed by atoms with E-state index < -0.39 is 9.84 Å². The van der Waals surface area contributed by atoms with Gasteiger partial charge in [0.05, 0.1) is 10.3 Å². The van der Waals surface area contributed by atoms with Crippen molar-refractivity contribution in [1.82, 2.24) is 20.1 Å². The van der Waals surface area contributed by atoms with E-state index in [9.17, 15) is 13.2 Å². The third-order valence-electron chi connectivity index (χ3n) is 6.29. The molecule has 3 heterocycles. The number of H-pyrrole nitrogens is 1. The van der Waals surface area contributed by atoms with Gasteiger partial charge in [-0.1, -0.05) is 42.5 Å². The maximum absolute atomic E-state index is 13.3. The summed E-state index contributed by atoms with van der Waals surface area (Å²) in [5.74, 6) is 0.369. The molecule has 33 heavy (non-hydrogen) atoms. The molecule has 0 bridgehead atoms. The van der Waals surface area contributed by atoms with Crippen LogP contribution in [-0.2, 0) is 9.84 Å². The Morgan fingerprint density at radius 3 is 2.36 bits per heavy atom. The van der Waals surface area contributed by atoms with Crippen molar-refractivity contribution in [3.63, 3.8) is 0 Å². The number of pyridine rings is 1. The summed E-state index contributed by atoms with van der Waals surface area (Å²) in [6, 6.07) is 19.0. The van der Waals surface area contributed by atoms with Crippen LogP contribution >= 0.6 is 0 Å². The van der Waals surface area contributed by atoms with Gasteiger partial charge in [-0.2, -0.15) is 5.10 Å². The highest BCUT2D eigenvalue weighted by Gasteiger charge is 2.27. The third kappa shape index (κ3) is 4.26. The number of aromatic amines is 1. The van der Waals surface area contributed by atoms with Gasteiger partial charge in [0.2, 0.25) is 0 Å². The highest BCUT2D eigenvalue weighted by molar-refractivity contribution is 7.90. The van der Waals surface area contributed by atoms with Crippen LogP contribution in [-0.4, -0.2) is 53.8 Å². The predicted molar refractivity (Wildman–Crippen MR) is 127 cm³/mol. The van der Waals surface area contributed by atoms with Crippen LogP contribution in [0.5, 0.6) is 0 Å². The van der Waals surface area contributed by atoms with Crippen LogP contribution in [0, 0.1) is 0 Å². The number of hydrogen-bond donors (Lipinski definition) is 1. The quantitative estimate of drug-likeness (QED) is 0.496. The lowest BCUT2D eigenvalue weighted by atomic mass is 9.89. The van der Waals surface area contributed by atoms with Gasteiger partial charge in [0, 0.05) is 31.1 Å². The number of likely N-dealkylation sites (tertiary alicyclic amines) is 1. The molecule has 2 aromatic heterocycles. The first kappa shape index (κ1) is 21.3. The van der Waals surface area contributed by atoms with E-state index in [0.717, 1.165) is 24.0 Å². The zero-order valence-electron chi connectivity index (χ0n) is 18.2. The highest BCUT2D eigenvalue weighted by atomic mass is 32.2. The summed E-state index contributed by atoms with van der Waals surface area (Å²) < 4.78 is 23.4. The van der Waals surface area contributed by atoms with E-state index in [4.69, 9.17) is 0 Å². The lowest BCUT2D eigenvalue weighted by molar-refractivity contribution is 0.0709. The molecule has 2 aromatic carbocycles. The molecule has 1 fully saturated rings. The smallest absolute Gasteiger partial charge is 0.275 e. The maximum Gasteiger partial charge on any atom is 0.275 e. The molecule has 4 aromatic rings. The van der Waals surface area contributed by atoms with Gasteiger partial charge < -0.3 is 4.90 Å². The highest BCUT2D eigenvalue weighted by Crippen LogP contribution is 2.30. The third-order valence-corrected chi connectivity index (χ3v) is 7.42. The molecule has 168 valence electrons. The van der Waals surface area contributed by atoms with Crippen LogP contribution < -0.4 is 0 Å². The molecule has 1 saturated heterocycles. The van der Waals surface area contributed by atoms with Gasteiger partial charge in [-0.05, 0) is 48.1 Å². The fraction of sp³-hybridized carbons (Fsp3) is 0.240. The number of fused-ring (bicyclic) bond motifs is 1. The number of piperidine rings is 1. The molecule has 0 unspecified atom stereocenters. The molecule has 7 nitrogen and oxygen atoms in total. The molecule has 0 radical (unpaired) electrons. The first-order chi connectivity index (χ1) is 15.9.